The summed E-state index contributed by atoms with van der Waals surface area (Å²) in [7, 11) is 0. The van der Waals surface area contributed by atoms with Gasteiger partial charge >= 0.3 is 11.9 Å². The van der Waals surface area contributed by atoms with Crippen LogP contribution in [0.15, 0.2) is 18.4 Å². The second-order valence-corrected chi connectivity index (χ2v) is 2.66. The molecule has 0 aliphatic carbocycles. The van der Waals surface area contributed by atoms with Crippen LogP contribution in [-0.2, 0) is 9.59 Å². The maximum absolute atomic E-state index is 10.3. The summed E-state index contributed by atoms with van der Waals surface area (Å²) in [4.78, 5) is 20.5. The van der Waals surface area contributed by atoms with Gasteiger partial charge in [-0.25, -0.2) is 0 Å². The fourth-order valence-electron chi connectivity index (χ4n) is 0.944. The summed E-state index contributed by atoms with van der Waals surface area (Å²) < 4.78 is 0. The van der Waals surface area contributed by atoms with Crippen molar-refractivity contribution in [1.29, 1.82) is 0 Å². The van der Waals surface area contributed by atoms with Crippen molar-refractivity contribution in [2.45, 2.75) is 19.3 Å². The molecule has 0 aromatic heterocycles. The average molecular weight is 184 g/mol. The molecule has 0 saturated heterocycles. The highest BCUT2D eigenvalue weighted by Gasteiger charge is 2.11. The van der Waals surface area contributed by atoms with Crippen LogP contribution in [0.1, 0.15) is 19.3 Å². The Morgan fingerprint density at radius 1 is 1.38 bits per heavy atom. The van der Waals surface area contributed by atoms with Crippen molar-refractivity contribution in [3.63, 3.8) is 0 Å². The summed E-state index contributed by atoms with van der Waals surface area (Å²) in [6, 6.07) is 0. The molecule has 4 heteroatoms. The number of rotatable bonds is 6. The van der Waals surface area contributed by atoms with Gasteiger partial charge in [-0.1, -0.05) is 6.58 Å². The molecule has 0 fully saturated rings. The highest BCUT2D eigenvalue weighted by molar-refractivity contribution is 5.68. The van der Waals surface area contributed by atoms with E-state index in [9.17, 15) is 9.59 Å². The van der Waals surface area contributed by atoms with Gasteiger partial charge in [-0.15, -0.1) is 5.73 Å². The highest BCUT2D eigenvalue weighted by Crippen LogP contribution is 2.12. The van der Waals surface area contributed by atoms with Gasteiger partial charge in [0.2, 0.25) is 0 Å². The maximum Gasteiger partial charge on any atom is 0.303 e. The van der Waals surface area contributed by atoms with Gasteiger partial charge in [-0.2, -0.15) is 0 Å². The predicted molar refractivity (Wildman–Crippen MR) is 46.3 cm³/mol. The molecular weight excluding hydrogens is 172 g/mol. The van der Waals surface area contributed by atoms with Crippen molar-refractivity contribution >= 4 is 11.9 Å². The predicted octanol–water partition coefficient (Wildman–Crippen LogP) is 1.28. The first-order valence-electron chi connectivity index (χ1n) is 3.85. The second-order valence-electron chi connectivity index (χ2n) is 2.66. The molecule has 0 aromatic carbocycles. The monoisotopic (exact) mass is 184 g/mol. The quantitative estimate of drug-likeness (QED) is 0.610. The van der Waals surface area contributed by atoms with Crippen LogP contribution in [-0.4, -0.2) is 22.2 Å². The summed E-state index contributed by atoms with van der Waals surface area (Å²) in [5.41, 5.74) is 2.47. The van der Waals surface area contributed by atoms with E-state index in [1.807, 2.05) is 0 Å². The third-order valence-corrected chi connectivity index (χ3v) is 1.52. The lowest BCUT2D eigenvalue weighted by Crippen LogP contribution is -2.07. The molecule has 72 valence electrons. The zero-order valence-electron chi connectivity index (χ0n) is 7.19. The normalized spacial score (nSPS) is 11.4. The Bertz CT molecular complexity index is 238. The molecule has 2 N–H and O–H groups in total. The molecule has 0 rings (SSSR count). The fourth-order valence-corrected chi connectivity index (χ4v) is 0.944. The van der Waals surface area contributed by atoms with E-state index < -0.39 is 11.9 Å². The Labute approximate surface area is 76.2 Å². The maximum atomic E-state index is 10.3. The molecule has 1 atom stereocenters. The molecular formula is C9H12O4. The minimum absolute atomic E-state index is 0.0316. The Hall–Kier alpha value is -1.54. The number of carboxylic acids is 2. The van der Waals surface area contributed by atoms with Crippen molar-refractivity contribution < 1.29 is 19.8 Å². The molecule has 0 radical (unpaired) electrons. The molecule has 0 spiro atoms. The van der Waals surface area contributed by atoms with Crippen LogP contribution < -0.4 is 0 Å². The number of hydrogen-bond donors (Lipinski definition) is 2. The van der Waals surface area contributed by atoms with E-state index in [-0.39, 0.29) is 18.8 Å². The molecule has 0 bridgehead atoms. The lowest BCUT2D eigenvalue weighted by molar-refractivity contribution is -0.140. The van der Waals surface area contributed by atoms with Crippen molar-refractivity contribution in [3.8, 4) is 0 Å². The minimum atomic E-state index is -0.943. The summed E-state index contributed by atoms with van der Waals surface area (Å²) in [6.45, 7) is 3.31. The molecule has 13 heavy (non-hydrogen) atoms. The number of carbonyl (C=O) groups is 2. The number of carboxylic acid groups (broad SMARTS) is 2. The van der Waals surface area contributed by atoms with Gasteiger partial charge in [0.15, 0.2) is 0 Å². The molecule has 0 saturated carbocycles. The van der Waals surface area contributed by atoms with E-state index in [1.165, 1.54) is 6.08 Å². The van der Waals surface area contributed by atoms with E-state index in [4.69, 9.17) is 10.2 Å². The zero-order chi connectivity index (χ0) is 10.3. The molecule has 0 heterocycles. The van der Waals surface area contributed by atoms with Gasteiger partial charge in [0.25, 0.3) is 0 Å². The molecule has 0 aliphatic heterocycles. The van der Waals surface area contributed by atoms with Crippen molar-refractivity contribution in [2.24, 2.45) is 5.92 Å². The Kier molecular flexibility index (Phi) is 5.32. The second kappa shape index (κ2) is 6.03. The zero-order valence-corrected chi connectivity index (χ0v) is 7.19. The summed E-state index contributed by atoms with van der Waals surface area (Å²) in [6.07, 6.45) is 1.70. The van der Waals surface area contributed by atoms with Crippen molar-refractivity contribution in [1.82, 2.24) is 0 Å². The van der Waals surface area contributed by atoms with Crippen LogP contribution in [0.2, 0.25) is 0 Å². The van der Waals surface area contributed by atoms with Gasteiger partial charge < -0.3 is 10.2 Å². The van der Waals surface area contributed by atoms with E-state index >= 15 is 0 Å². The Morgan fingerprint density at radius 2 is 2.00 bits per heavy atom. The fraction of sp³-hybridized carbons (Fsp3) is 0.444. The third-order valence-electron chi connectivity index (χ3n) is 1.52. The number of aliphatic carboxylic acids is 2. The molecule has 1 unspecified atom stereocenters. The van der Waals surface area contributed by atoms with Gasteiger partial charge in [0, 0.05) is 6.42 Å². The van der Waals surface area contributed by atoms with Crippen molar-refractivity contribution in [2.75, 3.05) is 0 Å². The third kappa shape index (κ3) is 6.84. The lowest BCUT2D eigenvalue weighted by Gasteiger charge is -2.05. The van der Waals surface area contributed by atoms with Crippen LogP contribution >= 0.6 is 0 Å². The molecule has 0 aromatic rings. The lowest BCUT2D eigenvalue weighted by atomic mass is 9.99. The molecule has 0 amide bonds. The van der Waals surface area contributed by atoms with Crippen LogP contribution in [0.4, 0.5) is 0 Å². The smallest absolute Gasteiger partial charge is 0.303 e. The van der Waals surface area contributed by atoms with Crippen molar-refractivity contribution in [3.05, 3.63) is 18.4 Å². The van der Waals surface area contributed by atoms with E-state index in [0.29, 0.717) is 6.42 Å². The van der Waals surface area contributed by atoms with E-state index in [0.717, 1.165) is 0 Å². The highest BCUT2D eigenvalue weighted by atomic mass is 16.4. The van der Waals surface area contributed by atoms with E-state index in [2.05, 4.69) is 12.3 Å². The molecule has 0 aliphatic rings. The van der Waals surface area contributed by atoms with Crippen LogP contribution in [0.5, 0.6) is 0 Å². The number of hydrogen-bond acceptors (Lipinski definition) is 2. The topological polar surface area (TPSA) is 74.6 Å². The summed E-state index contributed by atoms with van der Waals surface area (Å²) >= 11 is 0. The van der Waals surface area contributed by atoms with Gasteiger partial charge in [0.1, 0.15) is 0 Å². The first-order valence-corrected chi connectivity index (χ1v) is 3.85. The van der Waals surface area contributed by atoms with Crippen LogP contribution in [0.25, 0.3) is 0 Å². The van der Waals surface area contributed by atoms with Crippen LogP contribution in [0.3, 0.4) is 0 Å². The van der Waals surface area contributed by atoms with Crippen LogP contribution in [0, 0.1) is 5.92 Å². The average Bonchev–Trinajstić information content (AvgIpc) is 1.99. The number of allylic oxidation sites excluding steroid dienone is 1. The summed E-state index contributed by atoms with van der Waals surface area (Å²) in [5, 5.41) is 16.8. The molecule has 4 nitrogen and oxygen atoms in total. The minimum Gasteiger partial charge on any atom is -0.481 e. The first-order chi connectivity index (χ1) is 6.06. The SMILES string of the molecule is C=C=CC(CCC(=O)O)CC(=O)O. The van der Waals surface area contributed by atoms with E-state index in [1.54, 1.807) is 0 Å². The first kappa shape index (κ1) is 11.5. The standard InChI is InChI=1S/C9H12O4/c1-2-3-7(6-9(12)13)4-5-8(10)11/h3,7H,1,4-6H2,(H,10,11)(H,12,13). The van der Waals surface area contributed by atoms with Gasteiger partial charge in [0.05, 0.1) is 6.42 Å². The summed E-state index contributed by atoms with van der Waals surface area (Å²) in [5.74, 6) is -2.15. The van der Waals surface area contributed by atoms with Gasteiger partial charge in [-0.05, 0) is 18.4 Å². The Morgan fingerprint density at radius 3 is 2.38 bits per heavy atom. The van der Waals surface area contributed by atoms with Gasteiger partial charge in [-0.3, -0.25) is 9.59 Å². The largest absolute Gasteiger partial charge is 0.481 e. The Balaban J connectivity index is 4.01.